The molecule has 1 aromatic carbocycles. The van der Waals surface area contributed by atoms with Gasteiger partial charge in [-0.3, -0.25) is 9.88 Å². The SMILES string of the molecule is C[C@H](C#N)Cc1ccc(-c2cc3c(cn2)C(=O)OC32CCN(C3COC3)CC2)cc1F. The summed E-state index contributed by atoms with van der Waals surface area (Å²) >= 11 is 0. The average molecular weight is 421 g/mol. The van der Waals surface area contributed by atoms with Gasteiger partial charge in [0.25, 0.3) is 0 Å². The number of carbonyl (C=O) groups is 1. The average Bonchev–Trinajstić information content (AvgIpc) is 3.00. The molecule has 4 heterocycles. The number of esters is 1. The highest BCUT2D eigenvalue weighted by atomic mass is 19.1. The second-order valence-electron chi connectivity index (χ2n) is 8.77. The van der Waals surface area contributed by atoms with E-state index >= 15 is 0 Å². The Morgan fingerprint density at radius 1 is 1.32 bits per heavy atom. The predicted octanol–water partition coefficient (Wildman–Crippen LogP) is 3.45. The van der Waals surface area contributed by atoms with Crippen LogP contribution in [0.1, 0.15) is 41.3 Å². The van der Waals surface area contributed by atoms with Gasteiger partial charge in [0.05, 0.1) is 36.6 Å². The lowest BCUT2D eigenvalue weighted by Crippen LogP contribution is -2.54. The summed E-state index contributed by atoms with van der Waals surface area (Å²) in [4.78, 5) is 19.3. The molecule has 2 fully saturated rings. The molecule has 2 saturated heterocycles. The molecule has 31 heavy (non-hydrogen) atoms. The minimum absolute atomic E-state index is 0.251. The molecule has 2 aromatic rings. The predicted molar refractivity (Wildman–Crippen MR) is 111 cm³/mol. The maximum atomic E-state index is 14.6. The summed E-state index contributed by atoms with van der Waals surface area (Å²) in [5.41, 5.74) is 2.50. The molecule has 1 spiro atoms. The third-order valence-electron chi connectivity index (χ3n) is 6.74. The molecule has 7 heteroatoms. The summed E-state index contributed by atoms with van der Waals surface area (Å²) < 4.78 is 25.8. The van der Waals surface area contributed by atoms with E-state index in [1.54, 1.807) is 19.2 Å². The van der Waals surface area contributed by atoms with Crippen molar-refractivity contribution < 1.29 is 18.7 Å². The number of nitrogens with zero attached hydrogens (tertiary/aromatic N) is 3. The van der Waals surface area contributed by atoms with Gasteiger partial charge in [-0.2, -0.15) is 5.26 Å². The zero-order valence-corrected chi connectivity index (χ0v) is 17.4. The van der Waals surface area contributed by atoms with E-state index in [9.17, 15) is 9.18 Å². The maximum Gasteiger partial charge on any atom is 0.341 e. The van der Waals surface area contributed by atoms with Crippen LogP contribution in [0, 0.1) is 23.1 Å². The zero-order valence-electron chi connectivity index (χ0n) is 17.4. The highest BCUT2D eigenvalue weighted by Crippen LogP contribution is 2.45. The van der Waals surface area contributed by atoms with E-state index in [0.717, 1.165) is 44.7 Å². The fourth-order valence-corrected chi connectivity index (χ4v) is 4.74. The van der Waals surface area contributed by atoms with Crippen molar-refractivity contribution in [1.82, 2.24) is 9.88 Å². The van der Waals surface area contributed by atoms with E-state index in [-0.39, 0.29) is 17.7 Å². The van der Waals surface area contributed by atoms with Gasteiger partial charge in [-0.05, 0) is 31.0 Å². The van der Waals surface area contributed by atoms with Crippen LogP contribution in [0.25, 0.3) is 11.3 Å². The Morgan fingerprint density at radius 2 is 2.10 bits per heavy atom. The van der Waals surface area contributed by atoms with Gasteiger partial charge in [-0.1, -0.05) is 12.1 Å². The van der Waals surface area contributed by atoms with Crippen LogP contribution < -0.4 is 0 Å². The van der Waals surface area contributed by atoms with Gasteiger partial charge in [0.1, 0.15) is 11.4 Å². The van der Waals surface area contributed by atoms with Crippen molar-refractivity contribution in [2.45, 2.75) is 37.8 Å². The number of aromatic nitrogens is 1. The third kappa shape index (κ3) is 3.50. The number of ether oxygens (including phenoxy) is 2. The van der Waals surface area contributed by atoms with Crippen molar-refractivity contribution in [3.8, 4) is 17.3 Å². The van der Waals surface area contributed by atoms with E-state index in [0.29, 0.717) is 34.8 Å². The Kier molecular flexibility index (Phi) is 4.99. The highest BCUT2D eigenvalue weighted by molar-refractivity contribution is 5.95. The first-order chi connectivity index (χ1) is 15.0. The highest BCUT2D eigenvalue weighted by Gasteiger charge is 2.48. The van der Waals surface area contributed by atoms with Gasteiger partial charge in [0.2, 0.25) is 0 Å². The molecule has 3 aliphatic heterocycles. The molecule has 0 amide bonds. The number of piperidine rings is 1. The van der Waals surface area contributed by atoms with Gasteiger partial charge in [-0.15, -0.1) is 0 Å². The number of hydrogen-bond acceptors (Lipinski definition) is 6. The number of nitriles is 1. The van der Waals surface area contributed by atoms with Gasteiger partial charge in [-0.25, -0.2) is 9.18 Å². The van der Waals surface area contributed by atoms with Crippen molar-refractivity contribution >= 4 is 5.97 Å². The number of fused-ring (bicyclic) bond motifs is 2. The normalized spacial score (nSPS) is 21.3. The zero-order chi connectivity index (χ0) is 21.6. The molecule has 160 valence electrons. The number of rotatable bonds is 4. The Labute approximate surface area is 180 Å². The van der Waals surface area contributed by atoms with Gasteiger partial charge < -0.3 is 9.47 Å². The molecule has 0 radical (unpaired) electrons. The van der Waals surface area contributed by atoms with E-state index in [4.69, 9.17) is 14.7 Å². The van der Waals surface area contributed by atoms with Crippen LogP contribution >= 0.6 is 0 Å². The molecular formula is C24H24FN3O3. The second kappa shape index (κ2) is 7.70. The van der Waals surface area contributed by atoms with E-state index in [1.807, 2.05) is 12.1 Å². The number of halogens is 1. The molecule has 0 saturated carbocycles. The molecule has 1 atom stereocenters. The summed E-state index contributed by atoms with van der Waals surface area (Å²) in [5.74, 6) is -0.930. The van der Waals surface area contributed by atoms with Crippen LogP contribution in [-0.2, 0) is 21.5 Å². The van der Waals surface area contributed by atoms with Crippen LogP contribution in [0.2, 0.25) is 0 Å². The van der Waals surface area contributed by atoms with Crippen molar-refractivity contribution in [2.24, 2.45) is 5.92 Å². The smallest absolute Gasteiger partial charge is 0.341 e. The molecule has 5 rings (SSSR count). The first kappa shape index (κ1) is 20.1. The van der Waals surface area contributed by atoms with Crippen molar-refractivity contribution in [1.29, 1.82) is 5.26 Å². The minimum atomic E-state index is -0.633. The van der Waals surface area contributed by atoms with E-state index in [1.165, 1.54) is 6.07 Å². The van der Waals surface area contributed by atoms with Gasteiger partial charge in [0, 0.05) is 49.2 Å². The second-order valence-corrected chi connectivity index (χ2v) is 8.77. The quantitative estimate of drug-likeness (QED) is 0.704. The standard InChI is InChI=1S/C24H24FN3O3/c1-15(11-26)8-16-2-3-17(9-21(16)25)22-10-20-19(12-27-22)23(29)31-24(20)4-6-28(7-5-24)18-13-30-14-18/h2-3,9-10,12,15,18H,4-8,13-14H2,1H3/t15-/m0/s1. The van der Waals surface area contributed by atoms with E-state index < -0.39 is 5.60 Å². The Hall–Kier alpha value is -2.82. The summed E-state index contributed by atoms with van der Waals surface area (Å²) in [6.07, 6.45) is 3.38. The molecule has 0 bridgehead atoms. The van der Waals surface area contributed by atoms with Crippen LogP contribution in [0.15, 0.2) is 30.5 Å². The topological polar surface area (TPSA) is 75.5 Å². The number of hydrogen-bond donors (Lipinski definition) is 0. The number of carbonyl (C=O) groups excluding carboxylic acids is 1. The lowest BCUT2D eigenvalue weighted by molar-refractivity contribution is -0.101. The summed E-state index contributed by atoms with van der Waals surface area (Å²) in [6, 6.07) is 9.47. The number of pyridine rings is 1. The molecule has 6 nitrogen and oxygen atoms in total. The van der Waals surface area contributed by atoms with E-state index in [2.05, 4.69) is 16.0 Å². The molecular weight excluding hydrogens is 397 g/mol. The van der Waals surface area contributed by atoms with Crippen LogP contribution in [0.4, 0.5) is 4.39 Å². The largest absolute Gasteiger partial charge is 0.450 e. The fourth-order valence-electron chi connectivity index (χ4n) is 4.74. The van der Waals surface area contributed by atoms with Crippen molar-refractivity contribution in [3.63, 3.8) is 0 Å². The Balaban J connectivity index is 1.42. The lowest BCUT2D eigenvalue weighted by atomic mass is 9.83. The number of likely N-dealkylation sites (tertiary alicyclic amines) is 1. The third-order valence-corrected chi connectivity index (χ3v) is 6.74. The van der Waals surface area contributed by atoms with Crippen molar-refractivity contribution in [2.75, 3.05) is 26.3 Å². The number of benzene rings is 1. The van der Waals surface area contributed by atoms with Crippen LogP contribution in [-0.4, -0.2) is 48.2 Å². The molecule has 0 N–H and O–H groups in total. The summed E-state index contributed by atoms with van der Waals surface area (Å²) in [6.45, 7) is 5.01. The first-order valence-corrected chi connectivity index (χ1v) is 10.7. The Bertz CT molecular complexity index is 1070. The fraction of sp³-hybridized carbons (Fsp3) is 0.458. The monoisotopic (exact) mass is 421 g/mol. The van der Waals surface area contributed by atoms with Gasteiger partial charge in [0.15, 0.2) is 0 Å². The summed E-state index contributed by atoms with van der Waals surface area (Å²) in [5, 5.41) is 8.98. The van der Waals surface area contributed by atoms with Gasteiger partial charge >= 0.3 is 5.97 Å². The van der Waals surface area contributed by atoms with Crippen LogP contribution in [0.3, 0.4) is 0 Å². The maximum absolute atomic E-state index is 14.6. The molecule has 0 unspecified atom stereocenters. The summed E-state index contributed by atoms with van der Waals surface area (Å²) in [7, 11) is 0. The molecule has 3 aliphatic rings. The Morgan fingerprint density at radius 3 is 2.74 bits per heavy atom. The van der Waals surface area contributed by atoms with Crippen LogP contribution in [0.5, 0.6) is 0 Å². The minimum Gasteiger partial charge on any atom is -0.450 e. The first-order valence-electron chi connectivity index (χ1n) is 10.7. The lowest BCUT2D eigenvalue weighted by Gasteiger charge is -2.44. The molecule has 1 aromatic heterocycles. The molecule has 0 aliphatic carbocycles. The van der Waals surface area contributed by atoms with Crippen molar-refractivity contribution in [3.05, 3.63) is 53.0 Å².